The summed E-state index contributed by atoms with van der Waals surface area (Å²) in [6.45, 7) is 10.1. The number of aromatic nitrogens is 1. The fourth-order valence-corrected chi connectivity index (χ4v) is 1.32. The molecule has 0 atom stereocenters. The Kier molecular flexibility index (Phi) is 3.13. The zero-order valence-corrected chi connectivity index (χ0v) is 8.59. The monoisotopic (exact) mass is 175 g/mol. The molecule has 0 saturated carbocycles. The highest BCUT2D eigenvalue weighted by atomic mass is 14.7. The second-order valence-corrected chi connectivity index (χ2v) is 3.44. The fourth-order valence-electron chi connectivity index (χ4n) is 1.32. The van der Waals surface area contributed by atoms with Crippen LogP contribution in [0.2, 0.25) is 0 Å². The molecule has 0 aliphatic heterocycles. The summed E-state index contributed by atoms with van der Waals surface area (Å²) < 4.78 is 0. The van der Waals surface area contributed by atoms with E-state index in [0.717, 1.165) is 0 Å². The van der Waals surface area contributed by atoms with Gasteiger partial charge in [0, 0.05) is 11.0 Å². The van der Waals surface area contributed by atoms with Crippen LogP contribution in [-0.4, -0.2) is 4.98 Å². The maximum absolute atomic E-state index is 3.70. The average Bonchev–Trinajstić information content (AvgIpc) is 2.48. The molecule has 1 heterocycles. The molecule has 0 aliphatic rings. The van der Waals surface area contributed by atoms with Crippen molar-refractivity contribution in [1.29, 1.82) is 0 Å². The van der Waals surface area contributed by atoms with Gasteiger partial charge < -0.3 is 4.98 Å². The molecule has 0 bridgehead atoms. The molecule has 1 rings (SSSR count). The Morgan fingerprint density at radius 2 is 2.15 bits per heavy atom. The standard InChI is InChI=1S/C12H17N/c1-5-7-10-8-12(9(3)4)13-11(10)6-2/h5-9,13H,1H2,2-4H3/b10-7-,11-6+. The van der Waals surface area contributed by atoms with Crippen LogP contribution < -0.4 is 10.6 Å². The molecule has 0 unspecified atom stereocenters. The minimum absolute atomic E-state index is 0.547. The number of hydrogen-bond acceptors (Lipinski definition) is 0. The van der Waals surface area contributed by atoms with Gasteiger partial charge in [0.1, 0.15) is 0 Å². The Morgan fingerprint density at radius 3 is 2.62 bits per heavy atom. The van der Waals surface area contributed by atoms with E-state index in [1.165, 1.54) is 16.3 Å². The van der Waals surface area contributed by atoms with Gasteiger partial charge in [0.05, 0.1) is 0 Å². The van der Waals surface area contributed by atoms with E-state index in [1.807, 2.05) is 19.1 Å². The van der Waals surface area contributed by atoms with Crippen molar-refractivity contribution in [1.82, 2.24) is 4.98 Å². The number of rotatable bonds is 2. The van der Waals surface area contributed by atoms with Crippen LogP contribution >= 0.6 is 0 Å². The molecule has 0 radical (unpaired) electrons. The van der Waals surface area contributed by atoms with Gasteiger partial charge in [-0.1, -0.05) is 38.7 Å². The molecule has 0 fully saturated rings. The maximum Gasteiger partial charge on any atom is 0.0412 e. The van der Waals surface area contributed by atoms with Crippen molar-refractivity contribution in [2.24, 2.45) is 0 Å². The van der Waals surface area contributed by atoms with E-state index in [4.69, 9.17) is 0 Å². The van der Waals surface area contributed by atoms with Crippen molar-refractivity contribution < 1.29 is 0 Å². The van der Waals surface area contributed by atoms with Gasteiger partial charge in [0.15, 0.2) is 0 Å². The quantitative estimate of drug-likeness (QED) is 0.706. The van der Waals surface area contributed by atoms with E-state index in [2.05, 4.69) is 37.6 Å². The minimum atomic E-state index is 0.547. The van der Waals surface area contributed by atoms with Gasteiger partial charge in [0.25, 0.3) is 0 Å². The molecule has 0 aliphatic carbocycles. The number of allylic oxidation sites excluding steroid dienone is 1. The number of hydrogen-bond donors (Lipinski definition) is 1. The van der Waals surface area contributed by atoms with Crippen molar-refractivity contribution >= 4 is 12.2 Å². The smallest absolute Gasteiger partial charge is 0.0412 e. The van der Waals surface area contributed by atoms with E-state index < -0.39 is 0 Å². The first-order valence-electron chi connectivity index (χ1n) is 4.67. The summed E-state index contributed by atoms with van der Waals surface area (Å²) in [5.41, 5.74) is 1.28. The van der Waals surface area contributed by atoms with Crippen LogP contribution in [0.4, 0.5) is 0 Å². The predicted octanol–water partition coefficient (Wildman–Crippen LogP) is 1.91. The lowest BCUT2D eigenvalue weighted by Gasteiger charge is -1.97. The summed E-state index contributed by atoms with van der Waals surface area (Å²) in [6.07, 6.45) is 5.93. The van der Waals surface area contributed by atoms with Crippen LogP contribution in [0.25, 0.3) is 12.2 Å². The molecule has 1 heteroatoms. The minimum Gasteiger partial charge on any atom is -0.358 e. The van der Waals surface area contributed by atoms with E-state index in [9.17, 15) is 0 Å². The number of aromatic amines is 1. The fraction of sp³-hybridized carbons (Fsp3) is 0.333. The lowest BCUT2D eigenvalue weighted by Crippen LogP contribution is -2.20. The molecule has 70 valence electrons. The Labute approximate surface area is 79.5 Å². The third-order valence-electron chi connectivity index (χ3n) is 2.11. The lowest BCUT2D eigenvalue weighted by molar-refractivity contribution is 0.829. The Bertz CT molecular complexity index is 393. The van der Waals surface area contributed by atoms with Crippen molar-refractivity contribution in [2.45, 2.75) is 26.7 Å². The van der Waals surface area contributed by atoms with E-state index >= 15 is 0 Å². The zero-order chi connectivity index (χ0) is 9.84. The summed E-state index contributed by atoms with van der Waals surface area (Å²) >= 11 is 0. The molecule has 1 N–H and O–H groups in total. The van der Waals surface area contributed by atoms with Crippen LogP contribution in [0.15, 0.2) is 18.7 Å². The molecular formula is C12H17N. The summed E-state index contributed by atoms with van der Waals surface area (Å²) in [4.78, 5) is 3.38. The number of H-pyrrole nitrogens is 1. The molecule has 0 spiro atoms. The van der Waals surface area contributed by atoms with Crippen LogP contribution in [0, 0.1) is 0 Å². The Balaban J connectivity index is 3.37. The SMILES string of the molecule is C=C/C=c1/cc(C(C)C)[nH]/c1=C/C. The van der Waals surface area contributed by atoms with E-state index in [-0.39, 0.29) is 0 Å². The summed E-state index contributed by atoms with van der Waals surface area (Å²) in [6, 6.07) is 2.18. The normalized spacial score (nSPS) is 14.2. The number of nitrogens with one attached hydrogen (secondary N) is 1. The van der Waals surface area contributed by atoms with Gasteiger partial charge >= 0.3 is 0 Å². The largest absolute Gasteiger partial charge is 0.358 e. The second kappa shape index (κ2) is 4.13. The van der Waals surface area contributed by atoms with Crippen molar-refractivity contribution in [2.75, 3.05) is 0 Å². The average molecular weight is 175 g/mol. The highest BCUT2D eigenvalue weighted by Gasteiger charge is 1.99. The first kappa shape index (κ1) is 9.85. The molecular weight excluding hydrogens is 158 g/mol. The van der Waals surface area contributed by atoms with Crippen molar-refractivity contribution in [3.8, 4) is 0 Å². The van der Waals surface area contributed by atoms with Crippen LogP contribution in [-0.2, 0) is 0 Å². The predicted molar refractivity (Wildman–Crippen MR) is 58.9 cm³/mol. The first-order valence-corrected chi connectivity index (χ1v) is 4.67. The van der Waals surface area contributed by atoms with Gasteiger partial charge in [-0.3, -0.25) is 0 Å². The Morgan fingerprint density at radius 1 is 1.46 bits per heavy atom. The van der Waals surface area contributed by atoms with Crippen LogP contribution in [0.3, 0.4) is 0 Å². The van der Waals surface area contributed by atoms with Gasteiger partial charge in [0.2, 0.25) is 0 Å². The van der Waals surface area contributed by atoms with Crippen molar-refractivity contribution in [3.05, 3.63) is 35.0 Å². The van der Waals surface area contributed by atoms with Gasteiger partial charge in [-0.15, -0.1) is 0 Å². The highest BCUT2D eigenvalue weighted by Crippen LogP contribution is 2.06. The van der Waals surface area contributed by atoms with Crippen LogP contribution in [0.1, 0.15) is 32.4 Å². The second-order valence-electron chi connectivity index (χ2n) is 3.44. The molecule has 0 aromatic carbocycles. The van der Waals surface area contributed by atoms with Crippen molar-refractivity contribution in [3.63, 3.8) is 0 Å². The topological polar surface area (TPSA) is 15.8 Å². The third kappa shape index (κ3) is 2.11. The van der Waals surface area contributed by atoms with Gasteiger partial charge in [-0.05, 0) is 24.1 Å². The molecule has 0 saturated heterocycles. The molecule has 0 amide bonds. The molecule has 1 aromatic rings. The van der Waals surface area contributed by atoms with E-state index in [0.29, 0.717) is 5.92 Å². The molecule has 1 aromatic heterocycles. The maximum atomic E-state index is 3.70. The highest BCUT2D eigenvalue weighted by molar-refractivity contribution is 5.38. The Hall–Kier alpha value is -1.24. The lowest BCUT2D eigenvalue weighted by atomic mass is 10.1. The van der Waals surface area contributed by atoms with Gasteiger partial charge in [-0.2, -0.15) is 0 Å². The van der Waals surface area contributed by atoms with Gasteiger partial charge in [-0.25, -0.2) is 0 Å². The summed E-state index contributed by atoms with van der Waals surface area (Å²) in [5, 5.41) is 2.41. The van der Waals surface area contributed by atoms with E-state index in [1.54, 1.807) is 0 Å². The zero-order valence-electron chi connectivity index (χ0n) is 8.59. The molecule has 1 nitrogen and oxygen atoms in total. The molecule has 13 heavy (non-hydrogen) atoms. The summed E-state index contributed by atoms with van der Waals surface area (Å²) in [7, 11) is 0. The van der Waals surface area contributed by atoms with Crippen LogP contribution in [0.5, 0.6) is 0 Å². The summed E-state index contributed by atoms with van der Waals surface area (Å²) in [5.74, 6) is 0.547. The first-order chi connectivity index (χ1) is 6.19. The third-order valence-corrected chi connectivity index (χ3v) is 2.11.